The zero-order valence-electron chi connectivity index (χ0n) is 14.0. The van der Waals surface area contributed by atoms with Gasteiger partial charge in [-0.1, -0.05) is 12.1 Å². The average Bonchev–Trinajstić information content (AvgIpc) is 2.45. The van der Waals surface area contributed by atoms with Crippen LogP contribution in [-0.2, 0) is 4.79 Å². The molecule has 2 rings (SSSR count). The van der Waals surface area contributed by atoms with Crippen molar-refractivity contribution >= 4 is 11.6 Å². The van der Waals surface area contributed by atoms with Crippen LogP contribution in [0.3, 0.4) is 0 Å². The topological polar surface area (TPSA) is 57.0 Å². The maximum atomic E-state index is 12.3. The first-order chi connectivity index (χ1) is 10.3. The second kappa shape index (κ2) is 6.57. The summed E-state index contributed by atoms with van der Waals surface area (Å²) < 4.78 is 0. The summed E-state index contributed by atoms with van der Waals surface area (Å²) in [6.07, 6.45) is 0. The van der Waals surface area contributed by atoms with Crippen LogP contribution in [-0.4, -0.2) is 48.8 Å². The summed E-state index contributed by atoms with van der Waals surface area (Å²) >= 11 is 0. The fourth-order valence-electron chi connectivity index (χ4n) is 2.86. The van der Waals surface area contributed by atoms with E-state index in [1.165, 1.54) is 4.90 Å². The minimum absolute atomic E-state index is 0.0502. The van der Waals surface area contributed by atoms with Crippen LogP contribution in [0.2, 0.25) is 0 Å². The Labute approximate surface area is 132 Å². The molecule has 0 spiro atoms. The van der Waals surface area contributed by atoms with Crippen LogP contribution in [0.25, 0.3) is 0 Å². The molecule has 5 heteroatoms. The molecule has 1 saturated heterocycles. The van der Waals surface area contributed by atoms with Crippen LogP contribution in [0.5, 0.6) is 5.75 Å². The number of hydrogen-bond donors (Lipinski definition) is 3. The van der Waals surface area contributed by atoms with Gasteiger partial charge in [-0.3, -0.25) is 4.79 Å². The monoisotopic (exact) mass is 306 g/mol. The Hall–Kier alpha value is -1.75. The third-order valence-electron chi connectivity index (χ3n) is 4.13. The lowest BCUT2D eigenvalue weighted by Crippen LogP contribution is -3.19. The summed E-state index contributed by atoms with van der Waals surface area (Å²) in [4.78, 5) is 15.8. The van der Waals surface area contributed by atoms with Crippen molar-refractivity contribution in [2.45, 2.75) is 39.3 Å². The van der Waals surface area contributed by atoms with Crippen LogP contribution < -0.4 is 15.1 Å². The van der Waals surface area contributed by atoms with E-state index in [-0.39, 0.29) is 17.5 Å². The van der Waals surface area contributed by atoms with Crippen molar-refractivity contribution in [2.75, 3.05) is 31.1 Å². The molecule has 1 fully saturated rings. The number of quaternary nitrogens is 1. The number of amides is 1. The number of phenolic OH excluding ortho intramolecular Hbond substituents is 1. The number of carbonyl (C=O) groups is 1. The first kappa shape index (κ1) is 16.6. The van der Waals surface area contributed by atoms with Gasteiger partial charge < -0.3 is 20.2 Å². The molecule has 3 N–H and O–H groups in total. The number of rotatable bonds is 3. The number of piperazine rings is 1. The first-order valence-corrected chi connectivity index (χ1v) is 7.97. The largest absolute Gasteiger partial charge is 0.506 e. The number of aromatic hydroxyl groups is 1. The fourth-order valence-corrected chi connectivity index (χ4v) is 2.86. The zero-order chi connectivity index (χ0) is 16.3. The molecule has 122 valence electrons. The molecule has 5 nitrogen and oxygen atoms in total. The van der Waals surface area contributed by atoms with Crippen LogP contribution in [0.1, 0.15) is 27.7 Å². The van der Waals surface area contributed by atoms with Crippen molar-refractivity contribution in [3.05, 3.63) is 24.3 Å². The molecule has 1 aliphatic heterocycles. The van der Waals surface area contributed by atoms with E-state index in [2.05, 4.69) is 10.2 Å². The molecule has 0 unspecified atom stereocenters. The van der Waals surface area contributed by atoms with Gasteiger partial charge in [-0.15, -0.1) is 0 Å². The number of carbonyl (C=O) groups excluding carboxylic acids is 1. The van der Waals surface area contributed by atoms with Gasteiger partial charge in [0.05, 0.1) is 31.9 Å². The van der Waals surface area contributed by atoms with Crippen LogP contribution >= 0.6 is 0 Å². The predicted octanol–water partition coefficient (Wildman–Crippen LogP) is 0.400. The van der Waals surface area contributed by atoms with E-state index in [9.17, 15) is 9.90 Å². The van der Waals surface area contributed by atoms with Gasteiger partial charge in [-0.2, -0.15) is 0 Å². The molecule has 1 aromatic rings. The Kier molecular flexibility index (Phi) is 4.96. The van der Waals surface area contributed by atoms with Gasteiger partial charge in [-0.25, -0.2) is 0 Å². The van der Waals surface area contributed by atoms with E-state index < -0.39 is 0 Å². The highest BCUT2D eigenvalue weighted by molar-refractivity contribution is 5.80. The molecule has 0 aliphatic carbocycles. The van der Waals surface area contributed by atoms with Crippen molar-refractivity contribution in [2.24, 2.45) is 0 Å². The average molecular weight is 306 g/mol. The summed E-state index contributed by atoms with van der Waals surface area (Å²) in [5, 5.41) is 13.0. The number of hydrogen-bond acceptors (Lipinski definition) is 3. The molecular weight excluding hydrogens is 278 g/mol. The highest BCUT2D eigenvalue weighted by Gasteiger charge is 2.31. The van der Waals surface area contributed by atoms with E-state index in [1.807, 2.05) is 45.9 Å². The number of nitrogens with zero attached hydrogens (tertiary/aromatic N) is 1. The highest BCUT2D eigenvalue weighted by atomic mass is 16.3. The lowest BCUT2D eigenvalue weighted by molar-refractivity contribution is -0.914. The predicted molar refractivity (Wildman–Crippen MR) is 88.4 cm³/mol. The van der Waals surface area contributed by atoms with E-state index in [0.717, 1.165) is 31.9 Å². The smallest absolute Gasteiger partial charge is 0.278 e. The number of para-hydroxylation sites is 2. The van der Waals surface area contributed by atoms with Crippen molar-refractivity contribution in [3.63, 3.8) is 0 Å². The van der Waals surface area contributed by atoms with Crippen molar-refractivity contribution < 1.29 is 14.8 Å². The molecule has 0 radical (unpaired) electrons. The molecule has 22 heavy (non-hydrogen) atoms. The van der Waals surface area contributed by atoms with Crippen LogP contribution in [0.4, 0.5) is 5.69 Å². The van der Waals surface area contributed by atoms with E-state index in [1.54, 1.807) is 6.07 Å². The molecule has 1 heterocycles. The molecule has 1 amide bonds. The summed E-state index contributed by atoms with van der Waals surface area (Å²) in [6, 6.07) is 7.38. The SMILES string of the molecule is C[C@H](C(=O)NC(C)(C)C)[NH+]1CCN(c2ccccc2O)CC1. The summed E-state index contributed by atoms with van der Waals surface area (Å²) in [7, 11) is 0. The molecule has 0 bridgehead atoms. The highest BCUT2D eigenvalue weighted by Crippen LogP contribution is 2.25. The lowest BCUT2D eigenvalue weighted by Gasteiger charge is -2.36. The number of nitrogens with one attached hydrogen (secondary N) is 2. The second-order valence-corrected chi connectivity index (χ2v) is 7.09. The van der Waals surface area contributed by atoms with Gasteiger partial charge >= 0.3 is 0 Å². The molecule has 1 aliphatic rings. The minimum Gasteiger partial charge on any atom is -0.506 e. The van der Waals surface area contributed by atoms with Gasteiger partial charge in [0.15, 0.2) is 6.04 Å². The summed E-state index contributed by atoms with van der Waals surface area (Å²) in [6.45, 7) is 11.5. The lowest BCUT2D eigenvalue weighted by atomic mass is 10.1. The van der Waals surface area contributed by atoms with E-state index >= 15 is 0 Å². The zero-order valence-corrected chi connectivity index (χ0v) is 14.0. The van der Waals surface area contributed by atoms with Gasteiger partial charge in [0, 0.05) is 5.54 Å². The maximum absolute atomic E-state index is 12.3. The molecular formula is C17H28N3O2+. The van der Waals surface area contributed by atoms with Crippen molar-refractivity contribution in [3.8, 4) is 5.75 Å². The summed E-state index contributed by atoms with van der Waals surface area (Å²) in [5.41, 5.74) is 0.691. The Morgan fingerprint density at radius 2 is 1.86 bits per heavy atom. The first-order valence-electron chi connectivity index (χ1n) is 7.97. The Bertz CT molecular complexity index is 517. The van der Waals surface area contributed by atoms with Gasteiger partial charge in [-0.05, 0) is 39.8 Å². The van der Waals surface area contributed by atoms with E-state index in [4.69, 9.17) is 0 Å². The van der Waals surface area contributed by atoms with Crippen LogP contribution in [0.15, 0.2) is 24.3 Å². The van der Waals surface area contributed by atoms with Gasteiger partial charge in [0.1, 0.15) is 5.75 Å². The van der Waals surface area contributed by atoms with Crippen molar-refractivity contribution in [1.29, 1.82) is 0 Å². The fraction of sp³-hybridized carbons (Fsp3) is 0.588. The third-order valence-corrected chi connectivity index (χ3v) is 4.13. The normalized spacial score (nSPS) is 18.1. The second-order valence-electron chi connectivity index (χ2n) is 7.09. The van der Waals surface area contributed by atoms with E-state index in [0.29, 0.717) is 5.75 Å². The maximum Gasteiger partial charge on any atom is 0.278 e. The molecule has 1 aromatic carbocycles. The quantitative estimate of drug-likeness (QED) is 0.758. The molecule has 1 atom stereocenters. The van der Waals surface area contributed by atoms with Gasteiger partial charge in [0.2, 0.25) is 0 Å². The third kappa shape index (κ3) is 4.13. The number of benzene rings is 1. The standard InChI is InChI=1S/C17H27N3O2/c1-13(16(22)18-17(2,3)4)19-9-11-20(12-10-19)14-7-5-6-8-15(14)21/h5-8,13,21H,9-12H2,1-4H3,(H,18,22)/p+1/t13-/m1/s1. The molecule has 0 aromatic heterocycles. The summed E-state index contributed by atoms with van der Waals surface area (Å²) in [5.74, 6) is 0.433. The number of anilines is 1. The Morgan fingerprint density at radius 1 is 1.27 bits per heavy atom. The minimum atomic E-state index is -0.192. The Morgan fingerprint density at radius 3 is 2.41 bits per heavy atom. The van der Waals surface area contributed by atoms with Crippen LogP contribution in [0, 0.1) is 0 Å². The Balaban J connectivity index is 1.92. The van der Waals surface area contributed by atoms with Gasteiger partial charge in [0.25, 0.3) is 5.91 Å². The molecule has 0 saturated carbocycles. The number of phenols is 1. The van der Waals surface area contributed by atoms with Crippen molar-refractivity contribution in [1.82, 2.24) is 5.32 Å².